The van der Waals surface area contributed by atoms with E-state index in [2.05, 4.69) is 10.3 Å². The van der Waals surface area contributed by atoms with Crippen LogP contribution >= 0.6 is 0 Å². The summed E-state index contributed by atoms with van der Waals surface area (Å²) >= 11 is 0. The first-order valence-electron chi connectivity index (χ1n) is 10.6. The zero-order chi connectivity index (χ0) is 22.3. The van der Waals surface area contributed by atoms with Crippen LogP contribution < -0.4 is 5.32 Å². The normalized spacial score (nSPS) is 15.9. The van der Waals surface area contributed by atoms with Gasteiger partial charge in [-0.1, -0.05) is 24.3 Å². The van der Waals surface area contributed by atoms with Gasteiger partial charge in [-0.15, -0.1) is 0 Å². The quantitative estimate of drug-likeness (QED) is 0.542. The molecule has 1 aromatic heterocycles. The van der Waals surface area contributed by atoms with E-state index in [9.17, 15) is 13.6 Å². The molecule has 2 heterocycles. The van der Waals surface area contributed by atoms with Crippen molar-refractivity contribution in [3.63, 3.8) is 0 Å². The summed E-state index contributed by atoms with van der Waals surface area (Å²) in [6.07, 6.45) is 3.31. The van der Waals surface area contributed by atoms with E-state index < -0.39 is 0 Å². The van der Waals surface area contributed by atoms with Crippen molar-refractivity contribution in [2.75, 3.05) is 13.2 Å². The maximum atomic E-state index is 13.6. The van der Waals surface area contributed by atoms with Crippen LogP contribution in [0.1, 0.15) is 40.3 Å². The highest BCUT2D eigenvalue weighted by Gasteiger charge is 2.19. The Balaban J connectivity index is 1.42. The smallest absolute Gasteiger partial charge is 0.273 e. The molecule has 168 valence electrons. The fraction of sp³-hybridized carbons (Fsp3) is 0.333. The lowest BCUT2D eigenvalue weighted by molar-refractivity contribution is 0.0853. The second kappa shape index (κ2) is 10.5. The third-order valence-electron chi connectivity index (χ3n) is 5.27. The largest absolute Gasteiger partial charge is 0.447 e. The molecule has 1 atom stereocenters. The lowest BCUT2D eigenvalue weighted by atomic mass is 10.1. The number of halogens is 2. The summed E-state index contributed by atoms with van der Waals surface area (Å²) in [5.74, 6) is -0.571. The van der Waals surface area contributed by atoms with Gasteiger partial charge in [0.25, 0.3) is 5.91 Å². The number of hydrogen-bond donors (Lipinski definition) is 1. The average molecular weight is 441 g/mol. The van der Waals surface area contributed by atoms with Gasteiger partial charge in [-0.05, 0) is 48.2 Å². The molecule has 1 aliphatic rings. The molecular weight excluding hydrogens is 416 g/mol. The Morgan fingerprint density at radius 1 is 1.06 bits per heavy atom. The fourth-order valence-corrected chi connectivity index (χ4v) is 3.69. The van der Waals surface area contributed by atoms with E-state index in [1.807, 2.05) is 11.0 Å². The van der Waals surface area contributed by atoms with Crippen molar-refractivity contribution in [3.8, 4) is 0 Å². The summed E-state index contributed by atoms with van der Waals surface area (Å²) in [5, 5.41) is 2.82. The highest BCUT2D eigenvalue weighted by atomic mass is 19.1. The van der Waals surface area contributed by atoms with Crippen molar-refractivity contribution in [2.24, 2.45) is 0 Å². The highest BCUT2D eigenvalue weighted by molar-refractivity contribution is 5.91. The van der Waals surface area contributed by atoms with Gasteiger partial charge in [0.1, 0.15) is 17.9 Å². The predicted octanol–water partition coefficient (Wildman–Crippen LogP) is 4.06. The Labute approximate surface area is 185 Å². The summed E-state index contributed by atoms with van der Waals surface area (Å²) in [4.78, 5) is 18.7. The number of carbonyl (C=O) groups excluding carboxylic acids is 1. The van der Waals surface area contributed by atoms with Crippen LogP contribution in [0.25, 0.3) is 0 Å². The van der Waals surface area contributed by atoms with Gasteiger partial charge in [-0.25, -0.2) is 13.8 Å². The lowest BCUT2D eigenvalue weighted by Crippen LogP contribution is -2.32. The Kier molecular flexibility index (Phi) is 7.24. The molecule has 8 heteroatoms. The van der Waals surface area contributed by atoms with Crippen LogP contribution in [-0.4, -0.2) is 35.0 Å². The first kappa shape index (κ1) is 22.1. The first-order chi connectivity index (χ1) is 15.5. The molecule has 0 saturated carbocycles. The number of ether oxygens (including phenoxy) is 1. The number of hydrogen-bond acceptors (Lipinski definition) is 5. The average Bonchev–Trinajstić information content (AvgIpc) is 3.46. The summed E-state index contributed by atoms with van der Waals surface area (Å²) < 4.78 is 38.0. The molecule has 6 nitrogen and oxygen atoms in total. The molecule has 3 aromatic rings. The number of amides is 1. The number of rotatable bonds is 9. The van der Waals surface area contributed by atoms with Crippen molar-refractivity contribution >= 4 is 5.91 Å². The standard InChI is InChI=1S/C24H25F2N3O3/c25-19-8-6-17(7-9-19)13-29(14-18-3-1-4-20(26)11-18)15-23-28-22(16-32-23)24(30)27-12-21-5-2-10-31-21/h1,3-4,6-9,11,16,21H,2,5,10,12-15H2,(H,27,30)/t21-/m0/s1. The van der Waals surface area contributed by atoms with E-state index in [0.717, 1.165) is 30.6 Å². The summed E-state index contributed by atoms with van der Waals surface area (Å²) in [6, 6.07) is 12.6. The van der Waals surface area contributed by atoms with Crippen LogP contribution in [0, 0.1) is 11.6 Å². The highest BCUT2D eigenvalue weighted by Crippen LogP contribution is 2.16. The van der Waals surface area contributed by atoms with Gasteiger partial charge in [0, 0.05) is 26.2 Å². The molecule has 1 aliphatic heterocycles. The van der Waals surface area contributed by atoms with E-state index in [-0.39, 0.29) is 29.3 Å². The van der Waals surface area contributed by atoms with Crippen molar-refractivity contribution < 1.29 is 22.7 Å². The van der Waals surface area contributed by atoms with Crippen LogP contribution in [0.4, 0.5) is 8.78 Å². The van der Waals surface area contributed by atoms with Gasteiger partial charge >= 0.3 is 0 Å². The first-order valence-corrected chi connectivity index (χ1v) is 10.6. The van der Waals surface area contributed by atoms with Gasteiger partial charge in [-0.2, -0.15) is 0 Å². The third kappa shape index (κ3) is 6.21. The van der Waals surface area contributed by atoms with E-state index >= 15 is 0 Å². The van der Waals surface area contributed by atoms with Gasteiger partial charge in [-0.3, -0.25) is 9.69 Å². The Morgan fingerprint density at radius 2 is 1.88 bits per heavy atom. The number of aromatic nitrogens is 1. The molecule has 1 saturated heterocycles. The third-order valence-corrected chi connectivity index (χ3v) is 5.27. The minimum absolute atomic E-state index is 0.0443. The molecule has 0 unspecified atom stereocenters. The molecule has 0 spiro atoms. The SMILES string of the molecule is O=C(NC[C@@H]1CCCO1)c1coc(CN(Cc2ccc(F)cc2)Cc2cccc(F)c2)n1. The van der Waals surface area contributed by atoms with Crippen LogP contribution in [0.3, 0.4) is 0 Å². The molecule has 1 N–H and O–H groups in total. The second-order valence-corrected chi connectivity index (χ2v) is 7.87. The number of nitrogens with one attached hydrogen (secondary N) is 1. The molecular formula is C24H25F2N3O3. The van der Waals surface area contributed by atoms with E-state index in [1.165, 1.54) is 30.5 Å². The molecule has 1 fully saturated rings. The van der Waals surface area contributed by atoms with Crippen LogP contribution in [0.15, 0.2) is 59.2 Å². The van der Waals surface area contributed by atoms with E-state index in [1.54, 1.807) is 18.2 Å². The van der Waals surface area contributed by atoms with Crippen molar-refractivity contribution in [2.45, 2.75) is 38.6 Å². The van der Waals surface area contributed by atoms with Crippen LogP contribution in [-0.2, 0) is 24.4 Å². The molecule has 32 heavy (non-hydrogen) atoms. The lowest BCUT2D eigenvalue weighted by Gasteiger charge is -2.21. The summed E-state index contributed by atoms with van der Waals surface area (Å²) in [5.41, 5.74) is 1.88. The number of oxazole rings is 1. The monoisotopic (exact) mass is 441 g/mol. The molecule has 0 bridgehead atoms. The number of benzene rings is 2. The number of carbonyl (C=O) groups is 1. The van der Waals surface area contributed by atoms with Gasteiger partial charge in [0.05, 0.1) is 12.6 Å². The molecule has 0 aliphatic carbocycles. The Hall–Kier alpha value is -3.10. The van der Waals surface area contributed by atoms with E-state index in [4.69, 9.17) is 9.15 Å². The van der Waals surface area contributed by atoms with Gasteiger partial charge < -0.3 is 14.5 Å². The van der Waals surface area contributed by atoms with Crippen molar-refractivity contribution in [3.05, 3.63) is 89.1 Å². The van der Waals surface area contributed by atoms with Crippen LogP contribution in [0.2, 0.25) is 0 Å². The maximum absolute atomic E-state index is 13.6. The zero-order valence-electron chi connectivity index (χ0n) is 17.6. The Bertz CT molecular complexity index is 1030. The molecule has 2 aromatic carbocycles. The zero-order valence-corrected chi connectivity index (χ0v) is 17.6. The van der Waals surface area contributed by atoms with Crippen molar-refractivity contribution in [1.82, 2.24) is 15.2 Å². The second-order valence-electron chi connectivity index (χ2n) is 7.87. The fourth-order valence-electron chi connectivity index (χ4n) is 3.69. The number of nitrogens with zero attached hydrogens (tertiary/aromatic N) is 2. The molecule has 1 amide bonds. The van der Waals surface area contributed by atoms with Crippen LogP contribution in [0.5, 0.6) is 0 Å². The summed E-state index contributed by atoms with van der Waals surface area (Å²) in [7, 11) is 0. The summed E-state index contributed by atoms with van der Waals surface area (Å²) in [6.45, 7) is 2.37. The minimum Gasteiger partial charge on any atom is -0.447 e. The van der Waals surface area contributed by atoms with Gasteiger partial charge in [0.15, 0.2) is 5.69 Å². The minimum atomic E-state index is -0.314. The van der Waals surface area contributed by atoms with Crippen molar-refractivity contribution in [1.29, 1.82) is 0 Å². The predicted molar refractivity (Wildman–Crippen MR) is 114 cm³/mol. The maximum Gasteiger partial charge on any atom is 0.273 e. The Morgan fingerprint density at radius 3 is 2.62 bits per heavy atom. The topological polar surface area (TPSA) is 67.6 Å². The molecule has 0 radical (unpaired) electrons. The van der Waals surface area contributed by atoms with Gasteiger partial charge in [0.2, 0.25) is 5.89 Å². The molecule has 4 rings (SSSR count). The van der Waals surface area contributed by atoms with E-state index in [0.29, 0.717) is 32.1 Å².